The van der Waals surface area contributed by atoms with Crippen LogP contribution in [0.5, 0.6) is 0 Å². The van der Waals surface area contributed by atoms with E-state index in [4.69, 9.17) is 5.26 Å². The molecule has 0 amide bonds. The van der Waals surface area contributed by atoms with E-state index in [0.29, 0.717) is 13.0 Å². The minimum Gasteiger partial charge on any atom is -0.389 e. The molecular formula is C9H16N2O. The summed E-state index contributed by atoms with van der Waals surface area (Å²) < 4.78 is 0. The standard InChI is InChI=1S/C9H16N2O/c1-8(3-6-10)11-7-9(12)4-2-5-9/h8,11-12H,2-5,7H2,1H3. The van der Waals surface area contributed by atoms with Crippen LogP contribution in [0.15, 0.2) is 0 Å². The van der Waals surface area contributed by atoms with Gasteiger partial charge in [0.15, 0.2) is 0 Å². The second-order valence-corrected chi connectivity index (χ2v) is 3.72. The fourth-order valence-electron chi connectivity index (χ4n) is 1.33. The Morgan fingerprint density at radius 1 is 1.67 bits per heavy atom. The van der Waals surface area contributed by atoms with Gasteiger partial charge in [0.05, 0.1) is 18.1 Å². The summed E-state index contributed by atoms with van der Waals surface area (Å²) >= 11 is 0. The second-order valence-electron chi connectivity index (χ2n) is 3.72. The third-order valence-electron chi connectivity index (χ3n) is 2.46. The molecule has 0 aliphatic heterocycles. The first kappa shape index (κ1) is 9.50. The molecule has 1 unspecified atom stereocenters. The molecule has 1 fully saturated rings. The lowest BCUT2D eigenvalue weighted by Crippen LogP contribution is -2.48. The Kier molecular flexibility index (Phi) is 3.07. The summed E-state index contributed by atoms with van der Waals surface area (Å²) in [6, 6.07) is 2.29. The molecule has 3 nitrogen and oxygen atoms in total. The molecule has 3 heteroatoms. The van der Waals surface area contributed by atoms with Crippen LogP contribution >= 0.6 is 0 Å². The second kappa shape index (κ2) is 3.88. The molecule has 1 aliphatic carbocycles. The molecule has 0 aromatic heterocycles. The maximum Gasteiger partial charge on any atom is 0.0771 e. The third-order valence-corrected chi connectivity index (χ3v) is 2.46. The molecule has 0 heterocycles. The van der Waals surface area contributed by atoms with Gasteiger partial charge in [-0.05, 0) is 26.2 Å². The van der Waals surface area contributed by atoms with Crippen LogP contribution in [0.1, 0.15) is 32.6 Å². The Morgan fingerprint density at radius 3 is 2.75 bits per heavy atom. The molecule has 1 aliphatic rings. The lowest BCUT2D eigenvalue weighted by atomic mass is 9.80. The van der Waals surface area contributed by atoms with Gasteiger partial charge in [-0.15, -0.1) is 0 Å². The molecule has 2 N–H and O–H groups in total. The molecule has 0 saturated heterocycles. The number of hydrogen-bond acceptors (Lipinski definition) is 3. The van der Waals surface area contributed by atoms with Gasteiger partial charge in [-0.25, -0.2) is 0 Å². The van der Waals surface area contributed by atoms with Crippen molar-refractivity contribution in [1.82, 2.24) is 5.32 Å². The summed E-state index contributed by atoms with van der Waals surface area (Å²) in [6.07, 6.45) is 3.44. The third kappa shape index (κ3) is 2.47. The molecule has 0 aromatic rings. The molecule has 0 spiro atoms. The first-order valence-electron chi connectivity index (χ1n) is 4.49. The van der Waals surface area contributed by atoms with E-state index in [1.807, 2.05) is 6.92 Å². The van der Waals surface area contributed by atoms with Crippen LogP contribution in [0.4, 0.5) is 0 Å². The van der Waals surface area contributed by atoms with Crippen molar-refractivity contribution in [3.63, 3.8) is 0 Å². The fourth-order valence-corrected chi connectivity index (χ4v) is 1.33. The Bertz CT molecular complexity index is 181. The van der Waals surface area contributed by atoms with Crippen LogP contribution in [0, 0.1) is 11.3 Å². The average Bonchev–Trinajstić information content (AvgIpc) is 1.98. The maximum atomic E-state index is 9.68. The zero-order valence-corrected chi connectivity index (χ0v) is 7.51. The van der Waals surface area contributed by atoms with Crippen molar-refractivity contribution in [2.24, 2.45) is 0 Å². The van der Waals surface area contributed by atoms with Gasteiger partial charge in [0.2, 0.25) is 0 Å². The van der Waals surface area contributed by atoms with Gasteiger partial charge in [0.1, 0.15) is 0 Å². The molecule has 1 saturated carbocycles. The summed E-state index contributed by atoms with van der Waals surface area (Å²) in [5, 5.41) is 21.2. The van der Waals surface area contributed by atoms with Crippen molar-refractivity contribution in [3.8, 4) is 6.07 Å². The first-order chi connectivity index (χ1) is 5.66. The van der Waals surface area contributed by atoms with Gasteiger partial charge in [-0.2, -0.15) is 5.26 Å². The number of nitrogens with one attached hydrogen (secondary N) is 1. The Morgan fingerprint density at radius 2 is 2.33 bits per heavy atom. The van der Waals surface area contributed by atoms with Gasteiger partial charge >= 0.3 is 0 Å². The number of nitriles is 1. The van der Waals surface area contributed by atoms with Crippen molar-refractivity contribution < 1.29 is 5.11 Å². The van der Waals surface area contributed by atoms with Gasteiger partial charge in [-0.1, -0.05) is 0 Å². The predicted octanol–water partition coefficient (Wildman–Crippen LogP) is 0.793. The van der Waals surface area contributed by atoms with Crippen molar-refractivity contribution in [3.05, 3.63) is 0 Å². The van der Waals surface area contributed by atoms with Gasteiger partial charge < -0.3 is 10.4 Å². The maximum absolute atomic E-state index is 9.68. The number of aliphatic hydroxyl groups is 1. The molecular weight excluding hydrogens is 152 g/mol. The van der Waals surface area contributed by atoms with E-state index in [0.717, 1.165) is 19.3 Å². The van der Waals surface area contributed by atoms with Crippen molar-refractivity contribution >= 4 is 0 Å². The summed E-state index contributed by atoms with van der Waals surface area (Å²) in [4.78, 5) is 0. The molecule has 0 bridgehead atoms. The quantitative estimate of drug-likeness (QED) is 0.652. The topological polar surface area (TPSA) is 56.0 Å². The Labute approximate surface area is 73.4 Å². The van der Waals surface area contributed by atoms with Crippen LogP contribution in [-0.2, 0) is 0 Å². The largest absolute Gasteiger partial charge is 0.389 e. The molecule has 12 heavy (non-hydrogen) atoms. The summed E-state index contributed by atoms with van der Waals surface area (Å²) in [6.45, 7) is 2.60. The Balaban J connectivity index is 2.12. The van der Waals surface area contributed by atoms with Crippen molar-refractivity contribution in [1.29, 1.82) is 5.26 Å². The summed E-state index contributed by atoms with van der Waals surface area (Å²) in [5.41, 5.74) is -0.469. The minimum absolute atomic E-state index is 0.194. The number of nitrogens with zero attached hydrogens (tertiary/aromatic N) is 1. The van der Waals surface area contributed by atoms with Crippen molar-refractivity contribution in [2.75, 3.05) is 6.54 Å². The van der Waals surface area contributed by atoms with E-state index in [-0.39, 0.29) is 6.04 Å². The van der Waals surface area contributed by atoms with E-state index in [2.05, 4.69) is 11.4 Å². The highest BCUT2D eigenvalue weighted by atomic mass is 16.3. The highest BCUT2D eigenvalue weighted by Gasteiger charge is 2.33. The number of hydrogen-bond donors (Lipinski definition) is 2. The van der Waals surface area contributed by atoms with Crippen LogP contribution in [0.25, 0.3) is 0 Å². The van der Waals surface area contributed by atoms with Crippen LogP contribution in [-0.4, -0.2) is 23.3 Å². The summed E-state index contributed by atoms with van der Waals surface area (Å²) in [5.74, 6) is 0. The van der Waals surface area contributed by atoms with E-state index in [1.165, 1.54) is 0 Å². The van der Waals surface area contributed by atoms with Gasteiger partial charge in [0, 0.05) is 12.6 Å². The zero-order valence-electron chi connectivity index (χ0n) is 7.51. The smallest absolute Gasteiger partial charge is 0.0771 e. The normalized spacial score (nSPS) is 22.4. The molecule has 1 atom stereocenters. The lowest BCUT2D eigenvalue weighted by Gasteiger charge is -2.37. The molecule has 1 rings (SSSR count). The van der Waals surface area contributed by atoms with E-state index in [1.54, 1.807) is 0 Å². The van der Waals surface area contributed by atoms with E-state index < -0.39 is 5.60 Å². The average molecular weight is 168 g/mol. The highest BCUT2D eigenvalue weighted by Crippen LogP contribution is 2.30. The van der Waals surface area contributed by atoms with Crippen LogP contribution in [0.3, 0.4) is 0 Å². The fraction of sp³-hybridized carbons (Fsp3) is 0.889. The monoisotopic (exact) mass is 168 g/mol. The molecule has 0 aromatic carbocycles. The Hall–Kier alpha value is -0.590. The zero-order chi connectivity index (χ0) is 9.03. The SMILES string of the molecule is CC(CC#N)NCC1(O)CCC1. The summed E-state index contributed by atoms with van der Waals surface area (Å²) in [7, 11) is 0. The highest BCUT2D eigenvalue weighted by molar-refractivity contribution is 4.90. The molecule has 0 radical (unpaired) electrons. The van der Waals surface area contributed by atoms with Crippen LogP contribution < -0.4 is 5.32 Å². The van der Waals surface area contributed by atoms with Gasteiger partial charge in [0.25, 0.3) is 0 Å². The van der Waals surface area contributed by atoms with Crippen LogP contribution in [0.2, 0.25) is 0 Å². The lowest BCUT2D eigenvalue weighted by molar-refractivity contribution is -0.0327. The van der Waals surface area contributed by atoms with Crippen molar-refractivity contribution in [2.45, 2.75) is 44.2 Å². The van der Waals surface area contributed by atoms with E-state index in [9.17, 15) is 5.11 Å². The first-order valence-corrected chi connectivity index (χ1v) is 4.49. The minimum atomic E-state index is -0.469. The predicted molar refractivity (Wildman–Crippen MR) is 46.5 cm³/mol. The molecule has 68 valence electrons. The van der Waals surface area contributed by atoms with Gasteiger partial charge in [-0.3, -0.25) is 0 Å². The number of rotatable bonds is 4. The van der Waals surface area contributed by atoms with E-state index >= 15 is 0 Å².